The highest BCUT2D eigenvalue weighted by atomic mass is 16.5. The zero-order chi connectivity index (χ0) is 14.3. The molecule has 0 fully saturated rings. The molecule has 0 saturated heterocycles. The van der Waals surface area contributed by atoms with Crippen LogP contribution in [0.3, 0.4) is 0 Å². The smallest absolute Gasteiger partial charge is 0.119 e. The molecule has 0 saturated carbocycles. The first kappa shape index (κ1) is 16.0. The van der Waals surface area contributed by atoms with Crippen molar-refractivity contribution in [3.63, 3.8) is 0 Å². The zero-order valence-corrected chi connectivity index (χ0v) is 12.0. The summed E-state index contributed by atoms with van der Waals surface area (Å²) in [4.78, 5) is 0. The molecule has 4 nitrogen and oxygen atoms in total. The van der Waals surface area contributed by atoms with E-state index in [1.54, 1.807) is 0 Å². The Hall–Kier alpha value is -1.10. The molecule has 0 aliphatic carbocycles. The van der Waals surface area contributed by atoms with Crippen LogP contribution in [-0.4, -0.2) is 42.1 Å². The predicted molar refractivity (Wildman–Crippen MR) is 76.4 cm³/mol. The molecular weight excluding hydrogens is 242 g/mol. The van der Waals surface area contributed by atoms with Crippen molar-refractivity contribution in [2.24, 2.45) is 5.92 Å². The van der Waals surface area contributed by atoms with Gasteiger partial charge in [-0.05, 0) is 25.0 Å². The number of rotatable bonds is 8. The van der Waals surface area contributed by atoms with Crippen molar-refractivity contribution >= 4 is 0 Å². The van der Waals surface area contributed by atoms with Crippen molar-refractivity contribution in [2.75, 3.05) is 19.8 Å². The molecule has 108 valence electrons. The molecule has 19 heavy (non-hydrogen) atoms. The predicted octanol–water partition coefficient (Wildman–Crippen LogP) is 1.34. The summed E-state index contributed by atoms with van der Waals surface area (Å²) in [5.41, 5.74) is 1.18. The van der Waals surface area contributed by atoms with E-state index in [9.17, 15) is 5.11 Å². The van der Waals surface area contributed by atoms with E-state index in [1.807, 2.05) is 45.0 Å². The first-order chi connectivity index (χ1) is 9.02. The third-order valence-electron chi connectivity index (χ3n) is 3.08. The second kappa shape index (κ2) is 8.15. The van der Waals surface area contributed by atoms with Crippen molar-refractivity contribution in [2.45, 2.75) is 32.9 Å². The van der Waals surface area contributed by atoms with Crippen LogP contribution in [0.1, 0.15) is 19.4 Å². The molecular formula is C15H25NO3. The second-order valence-electron chi connectivity index (χ2n) is 5.22. The average molecular weight is 267 g/mol. The van der Waals surface area contributed by atoms with E-state index in [4.69, 9.17) is 9.84 Å². The van der Waals surface area contributed by atoms with Gasteiger partial charge in [0.2, 0.25) is 0 Å². The average Bonchev–Trinajstić information content (AvgIpc) is 2.38. The van der Waals surface area contributed by atoms with Gasteiger partial charge in [-0.2, -0.15) is 0 Å². The molecule has 3 N–H and O–H groups in total. The van der Waals surface area contributed by atoms with Crippen molar-refractivity contribution in [3.8, 4) is 5.75 Å². The molecule has 1 aromatic carbocycles. The van der Waals surface area contributed by atoms with Crippen LogP contribution in [0.25, 0.3) is 0 Å². The number of aliphatic hydroxyl groups excluding tert-OH is 2. The van der Waals surface area contributed by atoms with E-state index >= 15 is 0 Å². The summed E-state index contributed by atoms with van der Waals surface area (Å²) in [5.74, 6) is 1.09. The van der Waals surface area contributed by atoms with Crippen LogP contribution in [0.4, 0.5) is 0 Å². The molecule has 0 spiro atoms. The quantitative estimate of drug-likeness (QED) is 0.665. The Kier molecular flexibility index (Phi) is 6.84. The highest BCUT2D eigenvalue weighted by Gasteiger charge is 2.13. The van der Waals surface area contributed by atoms with Gasteiger partial charge in [0.05, 0.1) is 6.61 Å². The summed E-state index contributed by atoms with van der Waals surface area (Å²) < 4.78 is 5.50. The van der Waals surface area contributed by atoms with Gasteiger partial charge in [-0.1, -0.05) is 31.5 Å². The van der Waals surface area contributed by atoms with E-state index < -0.39 is 6.10 Å². The maximum Gasteiger partial charge on any atom is 0.119 e. The van der Waals surface area contributed by atoms with Gasteiger partial charge in [0.1, 0.15) is 18.5 Å². The van der Waals surface area contributed by atoms with E-state index in [2.05, 4.69) is 5.32 Å². The summed E-state index contributed by atoms with van der Waals surface area (Å²) in [6, 6.07) is 7.73. The molecule has 2 atom stereocenters. The molecule has 0 radical (unpaired) electrons. The topological polar surface area (TPSA) is 61.7 Å². The number of aliphatic hydroxyl groups is 2. The van der Waals surface area contributed by atoms with Crippen LogP contribution in [0.2, 0.25) is 0 Å². The number of ether oxygens (including phenoxy) is 1. The zero-order valence-electron chi connectivity index (χ0n) is 12.0. The Balaban J connectivity index is 2.27. The van der Waals surface area contributed by atoms with E-state index in [1.165, 1.54) is 5.56 Å². The highest BCUT2D eigenvalue weighted by molar-refractivity contribution is 5.26. The van der Waals surface area contributed by atoms with Gasteiger partial charge < -0.3 is 20.3 Å². The standard InChI is InChI=1S/C15H25NO3/c1-11(2)15(9-17)16-8-13(18)10-19-14-6-4-12(3)5-7-14/h4-7,11,13,15-18H,8-10H2,1-3H3/t13?,15-/m1/s1. The van der Waals surface area contributed by atoms with Gasteiger partial charge in [-0.25, -0.2) is 0 Å². The Bertz CT molecular complexity index is 351. The number of aryl methyl sites for hydroxylation is 1. The summed E-state index contributed by atoms with van der Waals surface area (Å²) in [6.07, 6.45) is -0.589. The Morgan fingerprint density at radius 3 is 2.37 bits per heavy atom. The Morgan fingerprint density at radius 2 is 1.84 bits per heavy atom. The van der Waals surface area contributed by atoms with Crippen LogP contribution < -0.4 is 10.1 Å². The Morgan fingerprint density at radius 1 is 1.21 bits per heavy atom. The SMILES string of the molecule is Cc1ccc(OCC(O)CN[C@H](CO)C(C)C)cc1. The summed E-state index contributed by atoms with van der Waals surface area (Å²) in [5, 5.41) is 22.1. The molecule has 0 amide bonds. The molecule has 0 bridgehead atoms. The molecule has 0 aliphatic heterocycles. The van der Waals surface area contributed by atoms with Gasteiger partial charge in [0.15, 0.2) is 0 Å². The van der Waals surface area contributed by atoms with Crippen molar-refractivity contribution < 1.29 is 14.9 Å². The number of hydrogen-bond acceptors (Lipinski definition) is 4. The number of benzene rings is 1. The van der Waals surface area contributed by atoms with Gasteiger partial charge in [0, 0.05) is 12.6 Å². The molecule has 0 heterocycles. The van der Waals surface area contributed by atoms with Crippen LogP contribution in [0.15, 0.2) is 24.3 Å². The molecule has 1 aromatic rings. The number of nitrogens with one attached hydrogen (secondary N) is 1. The van der Waals surface area contributed by atoms with Crippen LogP contribution in [-0.2, 0) is 0 Å². The fourth-order valence-corrected chi connectivity index (χ4v) is 1.68. The lowest BCUT2D eigenvalue weighted by atomic mass is 10.1. The summed E-state index contributed by atoms with van der Waals surface area (Å²) in [6.45, 7) is 6.81. The van der Waals surface area contributed by atoms with Gasteiger partial charge in [-0.15, -0.1) is 0 Å². The van der Waals surface area contributed by atoms with Crippen molar-refractivity contribution in [3.05, 3.63) is 29.8 Å². The van der Waals surface area contributed by atoms with Crippen LogP contribution >= 0.6 is 0 Å². The molecule has 1 rings (SSSR count). The second-order valence-corrected chi connectivity index (χ2v) is 5.22. The first-order valence-corrected chi connectivity index (χ1v) is 6.74. The molecule has 1 unspecified atom stereocenters. The van der Waals surface area contributed by atoms with Crippen LogP contribution in [0.5, 0.6) is 5.75 Å². The highest BCUT2D eigenvalue weighted by Crippen LogP contribution is 2.11. The maximum absolute atomic E-state index is 9.82. The van der Waals surface area contributed by atoms with Crippen molar-refractivity contribution in [1.82, 2.24) is 5.32 Å². The maximum atomic E-state index is 9.82. The minimum atomic E-state index is -0.589. The third-order valence-corrected chi connectivity index (χ3v) is 3.08. The third kappa shape index (κ3) is 6.05. The largest absolute Gasteiger partial charge is 0.491 e. The van der Waals surface area contributed by atoms with Gasteiger partial charge in [0.25, 0.3) is 0 Å². The molecule has 0 aromatic heterocycles. The fourth-order valence-electron chi connectivity index (χ4n) is 1.68. The summed E-state index contributed by atoms with van der Waals surface area (Å²) in [7, 11) is 0. The molecule has 0 aliphatic rings. The van der Waals surface area contributed by atoms with E-state index in [0.29, 0.717) is 12.5 Å². The number of hydrogen-bond donors (Lipinski definition) is 3. The van der Waals surface area contributed by atoms with Gasteiger partial charge in [-0.3, -0.25) is 0 Å². The normalized spacial score (nSPS) is 14.4. The molecule has 4 heteroatoms. The van der Waals surface area contributed by atoms with Crippen molar-refractivity contribution in [1.29, 1.82) is 0 Å². The van der Waals surface area contributed by atoms with Gasteiger partial charge >= 0.3 is 0 Å². The fraction of sp³-hybridized carbons (Fsp3) is 0.600. The summed E-state index contributed by atoms with van der Waals surface area (Å²) >= 11 is 0. The van der Waals surface area contributed by atoms with Crippen LogP contribution in [0, 0.1) is 12.8 Å². The Labute approximate surface area is 115 Å². The van der Waals surface area contributed by atoms with E-state index in [-0.39, 0.29) is 19.3 Å². The lowest BCUT2D eigenvalue weighted by molar-refractivity contribution is 0.0962. The first-order valence-electron chi connectivity index (χ1n) is 6.74. The van der Waals surface area contributed by atoms with E-state index in [0.717, 1.165) is 5.75 Å². The minimum absolute atomic E-state index is 0.00836. The lowest BCUT2D eigenvalue weighted by Gasteiger charge is -2.22. The lowest BCUT2D eigenvalue weighted by Crippen LogP contribution is -2.42. The monoisotopic (exact) mass is 267 g/mol. The minimum Gasteiger partial charge on any atom is -0.491 e.